The Labute approximate surface area is 136 Å². The number of likely N-dealkylation sites (N-methyl/N-ethyl adjacent to an activating group) is 1. The number of piperidine rings is 1. The van der Waals surface area contributed by atoms with Gasteiger partial charge in [0, 0.05) is 20.2 Å². The minimum atomic E-state index is -0.420. The number of hydrogen-bond donors (Lipinski definition) is 1. The Morgan fingerprint density at radius 2 is 2.13 bits per heavy atom. The Kier molecular flexibility index (Phi) is 6.36. The molecule has 1 fully saturated rings. The zero-order chi connectivity index (χ0) is 16.8. The average molecular weight is 324 g/mol. The van der Waals surface area contributed by atoms with E-state index in [4.69, 9.17) is 9.84 Å². The maximum absolute atomic E-state index is 13.7. The topological polar surface area (TPSA) is 53.0 Å². The van der Waals surface area contributed by atoms with Gasteiger partial charge in [0.15, 0.2) is 11.6 Å². The number of amides is 1. The standard InChI is InChI=1S/C17H25FN2O3/c1-19(10-14-3-4-16(23-2)15(18)9-14)17(22)11-20-7-5-13(12-21)6-8-20/h3-4,9,13,21H,5-8,10-12H2,1-2H3. The highest BCUT2D eigenvalue weighted by Gasteiger charge is 2.21. The zero-order valence-corrected chi connectivity index (χ0v) is 13.8. The van der Waals surface area contributed by atoms with Crippen molar-refractivity contribution in [3.8, 4) is 5.75 Å². The van der Waals surface area contributed by atoms with Crippen molar-refractivity contribution in [1.29, 1.82) is 0 Å². The van der Waals surface area contributed by atoms with E-state index in [1.54, 1.807) is 24.1 Å². The van der Waals surface area contributed by atoms with Gasteiger partial charge in [-0.3, -0.25) is 9.69 Å². The summed E-state index contributed by atoms with van der Waals surface area (Å²) in [5.74, 6) is 0.163. The number of aliphatic hydroxyl groups excluding tert-OH is 1. The van der Waals surface area contributed by atoms with Crippen molar-refractivity contribution in [3.05, 3.63) is 29.6 Å². The summed E-state index contributed by atoms with van der Waals surface area (Å²) in [6.45, 7) is 2.63. The smallest absolute Gasteiger partial charge is 0.236 e. The predicted molar refractivity (Wildman–Crippen MR) is 85.7 cm³/mol. The summed E-state index contributed by atoms with van der Waals surface area (Å²) >= 11 is 0. The van der Waals surface area contributed by atoms with Crippen LogP contribution in [0.25, 0.3) is 0 Å². The van der Waals surface area contributed by atoms with E-state index in [0.29, 0.717) is 19.0 Å². The molecule has 1 aliphatic rings. The Bertz CT molecular complexity index is 531. The molecule has 1 aromatic carbocycles. The number of benzene rings is 1. The fourth-order valence-corrected chi connectivity index (χ4v) is 2.81. The molecule has 23 heavy (non-hydrogen) atoms. The molecule has 5 nitrogen and oxygen atoms in total. The molecule has 0 unspecified atom stereocenters. The van der Waals surface area contributed by atoms with Gasteiger partial charge < -0.3 is 14.7 Å². The molecule has 1 heterocycles. The average Bonchev–Trinajstić information content (AvgIpc) is 2.55. The number of rotatable bonds is 6. The molecule has 0 aliphatic carbocycles. The lowest BCUT2D eigenvalue weighted by molar-refractivity contribution is -0.132. The molecular weight excluding hydrogens is 299 g/mol. The van der Waals surface area contributed by atoms with Crippen LogP contribution in [0.15, 0.2) is 18.2 Å². The first-order chi connectivity index (χ1) is 11.0. The number of carbonyl (C=O) groups excluding carboxylic acids is 1. The summed E-state index contributed by atoms with van der Waals surface area (Å²) in [6.07, 6.45) is 1.86. The summed E-state index contributed by atoms with van der Waals surface area (Å²) in [5, 5.41) is 9.14. The largest absolute Gasteiger partial charge is 0.494 e. The highest BCUT2D eigenvalue weighted by Crippen LogP contribution is 2.19. The Morgan fingerprint density at radius 1 is 1.43 bits per heavy atom. The van der Waals surface area contributed by atoms with Gasteiger partial charge >= 0.3 is 0 Å². The molecule has 1 amide bonds. The van der Waals surface area contributed by atoms with E-state index in [2.05, 4.69) is 4.90 Å². The van der Waals surface area contributed by atoms with Gasteiger partial charge in [0.1, 0.15) is 0 Å². The van der Waals surface area contributed by atoms with Crippen molar-refractivity contribution in [1.82, 2.24) is 9.80 Å². The van der Waals surface area contributed by atoms with Gasteiger partial charge in [-0.1, -0.05) is 6.07 Å². The summed E-state index contributed by atoms with van der Waals surface area (Å²) in [4.78, 5) is 16.0. The number of likely N-dealkylation sites (tertiary alicyclic amines) is 1. The molecule has 1 N–H and O–H groups in total. The van der Waals surface area contributed by atoms with E-state index in [-0.39, 0.29) is 18.3 Å². The number of halogens is 1. The van der Waals surface area contributed by atoms with Crippen LogP contribution >= 0.6 is 0 Å². The highest BCUT2D eigenvalue weighted by molar-refractivity contribution is 5.78. The van der Waals surface area contributed by atoms with Crippen molar-refractivity contribution in [2.24, 2.45) is 5.92 Å². The fourth-order valence-electron chi connectivity index (χ4n) is 2.81. The summed E-state index contributed by atoms with van der Waals surface area (Å²) in [6, 6.07) is 4.73. The van der Waals surface area contributed by atoms with Crippen molar-refractivity contribution in [3.63, 3.8) is 0 Å². The van der Waals surface area contributed by atoms with Gasteiger partial charge in [-0.25, -0.2) is 4.39 Å². The lowest BCUT2D eigenvalue weighted by atomic mass is 9.98. The van der Waals surface area contributed by atoms with Crippen molar-refractivity contribution in [2.45, 2.75) is 19.4 Å². The molecule has 6 heteroatoms. The summed E-state index contributed by atoms with van der Waals surface area (Å²) in [5.41, 5.74) is 0.734. The Hall–Kier alpha value is -1.66. The second-order valence-corrected chi connectivity index (χ2v) is 6.12. The van der Waals surface area contributed by atoms with Gasteiger partial charge in [0.25, 0.3) is 0 Å². The normalized spacial score (nSPS) is 16.3. The van der Waals surface area contributed by atoms with Crippen LogP contribution in [0.3, 0.4) is 0 Å². The molecule has 0 saturated carbocycles. The molecular formula is C17H25FN2O3. The molecule has 0 radical (unpaired) electrons. The number of hydrogen-bond acceptors (Lipinski definition) is 4. The third kappa shape index (κ3) is 4.91. The quantitative estimate of drug-likeness (QED) is 0.861. The number of methoxy groups -OCH3 is 1. The first-order valence-electron chi connectivity index (χ1n) is 7.93. The van der Waals surface area contributed by atoms with E-state index in [1.807, 2.05) is 0 Å². The van der Waals surface area contributed by atoms with Gasteiger partial charge in [0.2, 0.25) is 5.91 Å². The number of ether oxygens (including phenoxy) is 1. The monoisotopic (exact) mass is 324 g/mol. The predicted octanol–water partition coefficient (Wildman–Crippen LogP) is 1.50. The van der Waals surface area contributed by atoms with E-state index in [0.717, 1.165) is 31.5 Å². The maximum atomic E-state index is 13.7. The molecule has 1 aliphatic heterocycles. The highest BCUT2D eigenvalue weighted by atomic mass is 19.1. The van der Waals surface area contributed by atoms with Crippen molar-refractivity contribution >= 4 is 5.91 Å². The van der Waals surface area contributed by atoms with Crippen LogP contribution < -0.4 is 4.74 Å². The zero-order valence-electron chi connectivity index (χ0n) is 13.8. The number of nitrogens with zero attached hydrogens (tertiary/aromatic N) is 2. The molecule has 0 spiro atoms. The third-order valence-electron chi connectivity index (χ3n) is 4.39. The Morgan fingerprint density at radius 3 is 2.70 bits per heavy atom. The van der Waals surface area contributed by atoms with E-state index >= 15 is 0 Å². The number of carbonyl (C=O) groups is 1. The lowest BCUT2D eigenvalue weighted by Crippen LogP contribution is -2.42. The van der Waals surface area contributed by atoms with Crippen LogP contribution in [0.1, 0.15) is 18.4 Å². The number of aliphatic hydroxyl groups is 1. The van der Waals surface area contributed by atoms with Crippen LogP contribution in [-0.2, 0) is 11.3 Å². The van der Waals surface area contributed by atoms with Gasteiger partial charge in [-0.2, -0.15) is 0 Å². The first-order valence-corrected chi connectivity index (χ1v) is 7.93. The molecule has 2 rings (SSSR count). The second kappa shape index (κ2) is 8.26. The van der Waals surface area contributed by atoms with E-state index in [1.165, 1.54) is 13.2 Å². The molecule has 1 saturated heterocycles. The minimum Gasteiger partial charge on any atom is -0.494 e. The van der Waals surface area contributed by atoms with Crippen molar-refractivity contribution in [2.75, 3.05) is 40.4 Å². The van der Waals surface area contributed by atoms with Crippen LogP contribution in [0.2, 0.25) is 0 Å². The molecule has 1 aromatic rings. The first kappa shape index (κ1) is 17.7. The van der Waals surface area contributed by atoms with E-state index in [9.17, 15) is 9.18 Å². The van der Waals surface area contributed by atoms with Crippen LogP contribution in [0.5, 0.6) is 5.75 Å². The third-order valence-corrected chi connectivity index (χ3v) is 4.39. The Balaban J connectivity index is 1.84. The lowest BCUT2D eigenvalue weighted by Gasteiger charge is -2.31. The van der Waals surface area contributed by atoms with Crippen LogP contribution in [0.4, 0.5) is 4.39 Å². The molecule has 0 bridgehead atoms. The molecule has 0 aromatic heterocycles. The second-order valence-electron chi connectivity index (χ2n) is 6.12. The summed E-state index contributed by atoms with van der Waals surface area (Å²) in [7, 11) is 3.15. The summed E-state index contributed by atoms with van der Waals surface area (Å²) < 4.78 is 18.6. The van der Waals surface area contributed by atoms with Gasteiger partial charge in [-0.15, -0.1) is 0 Å². The van der Waals surface area contributed by atoms with Crippen molar-refractivity contribution < 1.29 is 19.0 Å². The van der Waals surface area contributed by atoms with Gasteiger partial charge in [0.05, 0.1) is 13.7 Å². The van der Waals surface area contributed by atoms with Gasteiger partial charge in [-0.05, 0) is 49.5 Å². The van der Waals surface area contributed by atoms with E-state index < -0.39 is 5.82 Å². The van der Waals surface area contributed by atoms with Crippen LogP contribution in [0, 0.1) is 11.7 Å². The minimum absolute atomic E-state index is 0.0173. The molecule has 0 atom stereocenters. The SMILES string of the molecule is COc1ccc(CN(C)C(=O)CN2CCC(CO)CC2)cc1F. The maximum Gasteiger partial charge on any atom is 0.236 e. The molecule has 128 valence electrons. The fraction of sp³-hybridized carbons (Fsp3) is 0.588. The van der Waals surface area contributed by atoms with Crippen LogP contribution in [-0.4, -0.2) is 61.2 Å².